The summed E-state index contributed by atoms with van der Waals surface area (Å²) in [6.45, 7) is 4.00. The van der Waals surface area contributed by atoms with Crippen molar-refractivity contribution < 1.29 is 5.11 Å². The average molecular weight is 181 g/mol. The molecule has 1 aliphatic carbocycles. The molecule has 2 heteroatoms. The van der Waals surface area contributed by atoms with Gasteiger partial charge in [0.2, 0.25) is 0 Å². The van der Waals surface area contributed by atoms with E-state index in [-0.39, 0.29) is 12.0 Å². The largest absolute Gasteiger partial charge is 0.392 e. The average Bonchev–Trinajstić information content (AvgIpc) is 2.50. The van der Waals surface area contributed by atoms with Gasteiger partial charge in [-0.2, -0.15) is 0 Å². The second-order valence-corrected chi connectivity index (χ2v) is 3.96. The quantitative estimate of drug-likeness (QED) is 0.712. The Morgan fingerprint density at radius 1 is 1.38 bits per heavy atom. The number of aliphatic hydroxyl groups is 1. The molecule has 0 saturated heterocycles. The number of nitrogens with zero attached hydrogens (tertiary/aromatic N) is 1. The summed E-state index contributed by atoms with van der Waals surface area (Å²) in [5, 5.41) is 9.54. The first-order valence-electron chi connectivity index (χ1n) is 4.76. The minimum atomic E-state index is -0.285. The maximum absolute atomic E-state index is 9.54. The van der Waals surface area contributed by atoms with Crippen molar-refractivity contribution in [2.75, 3.05) is 14.1 Å². The third-order valence-electron chi connectivity index (χ3n) is 2.77. The predicted octanol–water partition coefficient (Wildman–Crippen LogP) is 1.43. The number of likely N-dealkylation sites (N-methyl/N-ethyl adjacent to an activating group) is 1. The van der Waals surface area contributed by atoms with Crippen LogP contribution in [0, 0.1) is 5.92 Å². The van der Waals surface area contributed by atoms with Gasteiger partial charge in [-0.1, -0.05) is 18.2 Å². The van der Waals surface area contributed by atoms with Gasteiger partial charge in [0, 0.05) is 12.0 Å². The van der Waals surface area contributed by atoms with Crippen LogP contribution in [0.3, 0.4) is 0 Å². The van der Waals surface area contributed by atoms with Gasteiger partial charge >= 0.3 is 0 Å². The normalized spacial score (nSPS) is 26.3. The van der Waals surface area contributed by atoms with Crippen LogP contribution in [0.5, 0.6) is 0 Å². The highest BCUT2D eigenvalue weighted by molar-refractivity contribution is 5.31. The lowest BCUT2D eigenvalue weighted by atomic mass is 9.92. The predicted molar refractivity (Wildman–Crippen MR) is 55.5 cm³/mol. The van der Waals surface area contributed by atoms with E-state index in [1.54, 1.807) is 0 Å². The van der Waals surface area contributed by atoms with Crippen molar-refractivity contribution in [3.8, 4) is 0 Å². The SMILES string of the molecule is C[C@H](O)C1C=CC=C1[C@H](C)N(C)C. The van der Waals surface area contributed by atoms with Crippen molar-refractivity contribution >= 4 is 0 Å². The molecule has 0 aromatic rings. The minimum absolute atomic E-state index is 0.206. The van der Waals surface area contributed by atoms with Crippen LogP contribution in [0.15, 0.2) is 23.8 Å². The van der Waals surface area contributed by atoms with E-state index in [1.165, 1.54) is 5.57 Å². The Morgan fingerprint density at radius 2 is 2.00 bits per heavy atom. The van der Waals surface area contributed by atoms with Gasteiger partial charge in [0.1, 0.15) is 0 Å². The van der Waals surface area contributed by atoms with Gasteiger partial charge in [-0.25, -0.2) is 0 Å². The van der Waals surface area contributed by atoms with Gasteiger partial charge in [0.05, 0.1) is 6.10 Å². The Bertz CT molecular complexity index is 228. The first kappa shape index (κ1) is 10.5. The molecular weight excluding hydrogens is 162 g/mol. The van der Waals surface area contributed by atoms with Crippen molar-refractivity contribution in [1.82, 2.24) is 4.90 Å². The zero-order valence-corrected chi connectivity index (χ0v) is 8.86. The van der Waals surface area contributed by atoms with E-state index in [0.717, 1.165) is 0 Å². The third-order valence-corrected chi connectivity index (χ3v) is 2.77. The minimum Gasteiger partial charge on any atom is -0.392 e. The molecule has 2 nitrogen and oxygen atoms in total. The van der Waals surface area contributed by atoms with E-state index in [9.17, 15) is 5.11 Å². The van der Waals surface area contributed by atoms with Crippen molar-refractivity contribution in [2.45, 2.75) is 26.0 Å². The maximum Gasteiger partial charge on any atom is 0.0612 e. The van der Waals surface area contributed by atoms with Crippen molar-refractivity contribution in [3.05, 3.63) is 23.8 Å². The zero-order valence-electron chi connectivity index (χ0n) is 8.86. The molecule has 0 spiro atoms. The molecule has 1 unspecified atom stereocenters. The van der Waals surface area contributed by atoms with E-state index in [0.29, 0.717) is 6.04 Å². The second-order valence-electron chi connectivity index (χ2n) is 3.96. The number of hydrogen-bond acceptors (Lipinski definition) is 2. The molecular formula is C11H19NO. The van der Waals surface area contributed by atoms with Gasteiger partial charge in [0.15, 0.2) is 0 Å². The Kier molecular flexibility index (Phi) is 3.28. The van der Waals surface area contributed by atoms with E-state index < -0.39 is 0 Å². The molecule has 0 bridgehead atoms. The molecule has 0 radical (unpaired) electrons. The van der Waals surface area contributed by atoms with E-state index in [1.807, 2.05) is 13.0 Å². The Balaban J connectivity index is 2.71. The molecule has 3 atom stereocenters. The molecule has 0 saturated carbocycles. The van der Waals surface area contributed by atoms with Gasteiger partial charge in [-0.3, -0.25) is 0 Å². The van der Waals surface area contributed by atoms with Crippen molar-refractivity contribution in [1.29, 1.82) is 0 Å². The Labute approximate surface area is 80.6 Å². The van der Waals surface area contributed by atoms with Gasteiger partial charge in [0.25, 0.3) is 0 Å². The van der Waals surface area contributed by atoms with E-state index in [4.69, 9.17) is 0 Å². The highest BCUT2D eigenvalue weighted by atomic mass is 16.3. The van der Waals surface area contributed by atoms with Gasteiger partial charge < -0.3 is 10.0 Å². The standard InChI is InChI=1S/C11H19NO/c1-8(12(3)4)10-6-5-7-11(10)9(2)13/h5-9,11,13H,1-4H3/t8-,9-,11?/m0/s1. The lowest BCUT2D eigenvalue weighted by molar-refractivity contribution is 0.157. The fourth-order valence-electron chi connectivity index (χ4n) is 1.66. The number of hydrogen-bond donors (Lipinski definition) is 1. The summed E-state index contributed by atoms with van der Waals surface area (Å²) in [5.41, 5.74) is 1.31. The molecule has 0 aromatic carbocycles. The highest BCUT2D eigenvalue weighted by Crippen LogP contribution is 2.27. The highest BCUT2D eigenvalue weighted by Gasteiger charge is 2.24. The van der Waals surface area contributed by atoms with Crippen LogP contribution in [0.2, 0.25) is 0 Å². The topological polar surface area (TPSA) is 23.5 Å². The molecule has 0 amide bonds. The van der Waals surface area contributed by atoms with Crippen LogP contribution in [0.4, 0.5) is 0 Å². The van der Waals surface area contributed by atoms with E-state index >= 15 is 0 Å². The molecule has 0 aromatic heterocycles. The molecule has 1 aliphatic rings. The summed E-state index contributed by atoms with van der Waals surface area (Å²) in [6, 6.07) is 0.398. The molecule has 1 N–H and O–H groups in total. The summed E-state index contributed by atoms with van der Waals surface area (Å²) in [5.74, 6) is 0.206. The first-order valence-corrected chi connectivity index (χ1v) is 4.76. The van der Waals surface area contributed by atoms with Crippen LogP contribution in [-0.2, 0) is 0 Å². The summed E-state index contributed by atoms with van der Waals surface area (Å²) in [7, 11) is 4.12. The molecule has 0 fully saturated rings. The van der Waals surface area contributed by atoms with Crippen molar-refractivity contribution in [2.24, 2.45) is 5.92 Å². The fraction of sp³-hybridized carbons (Fsp3) is 0.636. The van der Waals surface area contributed by atoms with Crippen LogP contribution >= 0.6 is 0 Å². The molecule has 1 rings (SSSR count). The summed E-state index contributed by atoms with van der Waals surface area (Å²) < 4.78 is 0. The smallest absolute Gasteiger partial charge is 0.0612 e. The van der Waals surface area contributed by atoms with Gasteiger partial charge in [-0.15, -0.1) is 0 Å². The molecule has 0 heterocycles. The molecule has 74 valence electrons. The summed E-state index contributed by atoms with van der Waals surface area (Å²) in [4.78, 5) is 2.16. The van der Waals surface area contributed by atoms with Gasteiger partial charge in [-0.05, 0) is 33.5 Å². The van der Waals surface area contributed by atoms with Crippen molar-refractivity contribution in [3.63, 3.8) is 0 Å². The maximum atomic E-state index is 9.54. The summed E-state index contributed by atoms with van der Waals surface area (Å²) in [6.07, 6.45) is 5.93. The lowest BCUT2D eigenvalue weighted by Crippen LogP contribution is -2.31. The number of rotatable bonds is 3. The monoisotopic (exact) mass is 181 g/mol. The lowest BCUT2D eigenvalue weighted by Gasteiger charge is -2.27. The Morgan fingerprint density at radius 3 is 2.46 bits per heavy atom. The van der Waals surface area contributed by atoms with E-state index in [2.05, 4.69) is 38.1 Å². The third kappa shape index (κ3) is 2.20. The van der Waals surface area contributed by atoms with Crippen LogP contribution < -0.4 is 0 Å². The van der Waals surface area contributed by atoms with Crippen LogP contribution in [-0.4, -0.2) is 36.2 Å². The summed E-state index contributed by atoms with van der Waals surface area (Å²) >= 11 is 0. The zero-order chi connectivity index (χ0) is 10.0. The fourth-order valence-corrected chi connectivity index (χ4v) is 1.66. The number of aliphatic hydroxyl groups excluding tert-OH is 1. The first-order chi connectivity index (χ1) is 6.04. The Hall–Kier alpha value is -0.600. The van der Waals surface area contributed by atoms with Crippen LogP contribution in [0.25, 0.3) is 0 Å². The molecule has 13 heavy (non-hydrogen) atoms. The van der Waals surface area contributed by atoms with Crippen LogP contribution in [0.1, 0.15) is 13.8 Å². The second kappa shape index (κ2) is 4.07. The molecule has 0 aliphatic heterocycles. The number of allylic oxidation sites excluding steroid dienone is 2.